The lowest BCUT2D eigenvalue weighted by Crippen LogP contribution is -2.52. The molecule has 1 aliphatic rings. The minimum Gasteiger partial charge on any atom is -0.315 e. The van der Waals surface area contributed by atoms with Gasteiger partial charge in [0.15, 0.2) is 0 Å². The molecule has 0 aliphatic carbocycles. The summed E-state index contributed by atoms with van der Waals surface area (Å²) in [5.41, 5.74) is 0.880. The molecule has 1 N–H and O–H groups in total. The van der Waals surface area contributed by atoms with Crippen LogP contribution in [-0.2, 0) is 6.42 Å². The highest BCUT2D eigenvalue weighted by Gasteiger charge is 2.27. The van der Waals surface area contributed by atoms with Crippen LogP contribution >= 0.6 is 23.4 Å². The number of benzene rings is 1. The van der Waals surface area contributed by atoms with Crippen molar-refractivity contribution < 1.29 is 4.39 Å². The number of nitrogens with zero attached hydrogens (tertiary/aromatic N) is 1. The van der Waals surface area contributed by atoms with Crippen molar-refractivity contribution >= 4 is 23.4 Å². The van der Waals surface area contributed by atoms with Crippen LogP contribution in [0.1, 0.15) is 5.56 Å². The molecule has 0 radical (unpaired) electrons. The normalized spacial score (nSPS) is 22.4. The number of nitrogens with one attached hydrogen (secondary N) is 1. The maximum atomic E-state index is 13.3. The van der Waals surface area contributed by atoms with E-state index in [2.05, 4.69) is 17.3 Å². The molecule has 106 valence electrons. The summed E-state index contributed by atoms with van der Waals surface area (Å²) in [6.07, 6.45) is 0.753. The zero-order valence-corrected chi connectivity index (χ0v) is 12.9. The minimum absolute atomic E-state index is 0.222. The van der Waals surface area contributed by atoms with Gasteiger partial charge in [-0.1, -0.05) is 11.6 Å². The molecule has 1 heterocycles. The summed E-state index contributed by atoms with van der Waals surface area (Å²) in [6.45, 7) is 1.10. The van der Waals surface area contributed by atoms with Crippen LogP contribution in [0.5, 0.6) is 0 Å². The van der Waals surface area contributed by atoms with Gasteiger partial charge in [-0.15, -0.1) is 0 Å². The first kappa shape index (κ1) is 15.1. The van der Waals surface area contributed by atoms with Gasteiger partial charge in [0, 0.05) is 35.2 Å². The Balaban J connectivity index is 2.11. The fourth-order valence-corrected chi connectivity index (χ4v) is 4.00. The quantitative estimate of drug-likeness (QED) is 0.920. The van der Waals surface area contributed by atoms with Gasteiger partial charge in [0.2, 0.25) is 0 Å². The van der Waals surface area contributed by atoms with Crippen molar-refractivity contribution in [2.45, 2.75) is 18.5 Å². The molecule has 2 nitrogen and oxygen atoms in total. The zero-order chi connectivity index (χ0) is 13.8. The van der Waals surface area contributed by atoms with E-state index in [1.54, 1.807) is 12.1 Å². The first-order valence-electron chi connectivity index (χ1n) is 6.51. The Morgan fingerprint density at radius 1 is 1.58 bits per heavy atom. The number of thioether (sulfide) groups is 1. The highest BCUT2D eigenvalue weighted by molar-refractivity contribution is 7.99. The number of halogens is 2. The third-order valence-corrected chi connectivity index (χ3v) is 5.14. The second-order valence-corrected chi connectivity index (χ2v) is 6.51. The Bertz CT molecular complexity index is 430. The Kier molecular flexibility index (Phi) is 5.51. The summed E-state index contributed by atoms with van der Waals surface area (Å²) in [5.74, 6) is 2.07. The predicted molar refractivity (Wildman–Crippen MR) is 81.7 cm³/mol. The first-order valence-corrected chi connectivity index (χ1v) is 8.04. The van der Waals surface area contributed by atoms with E-state index in [9.17, 15) is 4.39 Å². The van der Waals surface area contributed by atoms with E-state index in [0.717, 1.165) is 24.3 Å². The first-order chi connectivity index (χ1) is 9.11. The molecule has 0 saturated carbocycles. The Morgan fingerprint density at radius 2 is 2.37 bits per heavy atom. The van der Waals surface area contributed by atoms with Crippen molar-refractivity contribution in [1.82, 2.24) is 10.2 Å². The summed E-state index contributed by atoms with van der Waals surface area (Å²) in [4.78, 5) is 2.38. The molecule has 0 spiro atoms. The van der Waals surface area contributed by atoms with Crippen LogP contribution in [0.4, 0.5) is 4.39 Å². The van der Waals surface area contributed by atoms with Gasteiger partial charge in [-0.2, -0.15) is 11.8 Å². The average Bonchev–Trinajstić information content (AvgIpc) is 2.41. The predicted octanol–water partition coefficient (Wildman–Crippen LogP) is 2.66. The lowest BCUT2D eigenvalue weighted by molar-refractivity contribution is 0.219. The molecule has 1 aromatic carbocycles. The monoisotopic (exact) mass is 302 g/mol. The summed E-state index contributed by atoms with van der Waals surface area (Å²) >= 11 is 8.14. The van der Waals surface area contributed by atoms with Crippen LogP contribution in [-0.4, -0.2) is 49.1 Å². The topological polar surface area (TPSA) is 15.3 Å². The second-order valence-electron chi connectivity index (χ2n) is 4.96. The Hall–Kier alpha value is -0.290. The molecule has 0 amide bonds. The van der Waals surface area contributed by atoms with Crippen molar-refractivity contribution in [3.8, 4) is 0 Å². The molecular formula is C14H20ClFN2S. The SMILES string of the molecule is CNC(Cc1cc(F)ccc1Cl)C1CSCCN1C. The summed E-state index contributed by atoms with van der Waals surface area (Å²) in [7, 11) is 4.12. The summed E-state index contributed by atoms with van der Waals surface area (Å²) in [6, 6.07) is 5.34. The van der Waals surface area contributed by atoms with E-state index < -0.39 is 0 Å². The van der Waals surface area contributed by atoms with Crippen LogP contribution < -0.4 is 5.32 Å². The van der Waals surface area contributed by atoms with Gasteiger partial charge in [-0.3, -0.25) is 0 Å². The highest BCUT2D eigenvalue weighted by Crippen LogP contribution is 2.23. The van der Waals surface area contributed by atoms with Gasteiger partial charge in [-0.25, -0.2) is 4.39 Å². The van der Waals surface area contributed by atoms with Crippen LogP contribution in [0.2, 0.25) is 5.02 Å². The van der Waals surface area contributed by atoms with Gasteiger partial charge in [-0.05, 0) is 44.3 Å². The third kappa shape index (κ3) is 3.85. The Labute approximate surface area is 123 Å². The van der Waals surface area contributed by atoms with Crippen LogP contribution in [0.3, 0.4) is 0 Å². The van der Waals surface area contributed by atoms with Gasteiger partial charge in [0.25, 0.3) is 0 Å². The van der Waals surface area contributed by atoms with Crippen LogP contribution in [0, 0.1) is 5.82 Å². The van der Waals surface area contributed by atoms with Gasteiger partial charge >= 0.3 is 0 Å². The van der Waals surface area contributed by atoms with Crippen molar-refractivity contribution in [3.05, 3.63) is 34.6 Å². The van der Waals surface area contributed by atoms with Crippen molar-refractivity contribution in [2.24, 2.45) is 0 Å². The van der Waals surface area contributed by atoms with E-state index in [-0.39, 0.29) is 11.9 Å². The molecule has 1 fully saturated rings. The smallest absolute Gasteiger partial charge is 0.123 e. The molecule has 2 rings (SSSR count). The van der Waals surface area contributed by atoms with E-state index >= 15 is 0 Å². The maximum absolute atomic E-state index is 13.3. The molecule has 0 bridgehead atoms. The van der Waals surface area contributed by atoms with Crippen molar-refractivity contribution in [1.29, 1.82) is 0 Å². The molecule has 0 aromatic heterocycles. The van der Waals surface area contributed by atoms with E-state index in [0.29, 0.717) is 11.1 Å². The standard InChI is InChI=1S/C14H20ClFN2S/c1-17-13(14-9-19-6-5-18(14)2)8-10-7-11(16)3-4-12(10)15/h3-4,7,13-14,17H,5-6,8-9H2,1-2H3. The fourth-order valence-electron chi connectivity index (χ4n) is 2.50. The lowest BCUT2D eigenvalue weighted by atomic mass is 9.99. The van der Waals surface area contributed by atoms with Crippen LogP contribution in [0.15, 0.2) is 18.2 Å². The maximum Gasteiger partial charge on any atom is 0.123 e. The van der Waals surface area contributed by atoms with E-state index in [1.165, 1.54) is 11.8 Å². The van der Waals surface area contributed by atoms with Crippen molar-refractivity contribution in [2.75, 3.05) is 32.1 Å². The molecule has 2 unspecified atom stereocenters. The zero-order valence-electron chi connectivity index (χ0n) is 11.3. The molecule has 1 saturated heterocycles. The number of hydrogen-bond donors (Lipinski definition) is 1. The van der Waals surface area contributed by atoms with Gasteiger partial charge < -0.3 is 10.2 Å². The van der Waals surface area contributed by atoms with Crippen molar-refractivity contribution in [3.63, 3.8) is 0 Å². The molecule has 1 aliphatic heterocycles. The summed E-state index contributed by atoms with van der Waals surface area (Å²) < 4.78 is 13.3. The van der Waals surface area contributed by atoms with Gasteiger partial charge in [0.1, 0.15) is 5.82 Å². The van der Waals surface area contributed by atoms with E-state index in [1.807, 2.05) is 18.8 Å². The minimum atomic E-state index is -0.222. The largest absolute Gasteiger partial charge is 0.315 e. The molecule has 1 aromatic rings. The second kappa shape index (κ2) is 6.93. The van der Waals surface area contributed by atoms with E-state index in [4.69, 9.17) is 11.6 Å². The van der Waals surface area contributed by atoms with Gasteiger partial charge in [0.05, 0.1) is 0 Å². The number of rotatable bonds is 4. The number of hydrogen-bond acceptors (Lipinski definition) is 3. The third-order valence-electron chi connectivity index (χ3n) is 3.73. The Morgan fingerprint density at radius 3 is 3.05 bits per heavy atom. The average molecular weight is 303 g/mol. The molecule has 5 heteroatoms. The molecule has 19 heavy (non-hydrogen) atoms. The number of likely N-dealkylation sites (N-methyl/N-ethyl adjacent to an activating group) is 2. The lowest BCUT2D eigenvalue weighted by Gasteiger charge is -2.37. The fraction of sp³-hybridized carbons (Fsp3) is 0.571. The summed E-state index contributed by atoms with van der Waals surface area (Å²) in [5, 5.41) is 4.01. The molecular weight excluding hydrogens is 283 g/mol. The highest BCUT2D eigenvalue weighted by atomic mass is 35.5. The van der Waals surface area contributed by atoms with Crippen LogP contribution in [0.25, 0.3) is 0 Å². The molecule has 2 atom stereocenters.